The number of pyridine rings is 1. The predicted molar refractivity (Wildman–Crippen MR) is 112 cm³/mol. The minimum Gasteiger partial charge on any atom is -0.343 e. The zero-order valence-corrected chi connectivity index (χ0v) is 16.1. The van der Waals surface area contributed by atoms with Crippen LogP contribution in [-0.4, -0.2) is 16.6 Å². The highest BCUT2D eigenvalue weighted by atomic mass is 35.5. The Balaban J connectivity index is 1.92. The molecule has 0 atom stereocenters. The maximum atomic E-state index is 12.9. The van der Waals surface area contributed by atoms with Gasteiger partial charge in [0.25, 0.3) is 0 Å². The first-order valence-corrected chi connectivity index (χ1v) is 9.09. The molecule has 0 bridgehead atoms. The SMILES string of the molecule is Cc1cc(Cl)nc(Cl)c1C(=O)CC(=Nc1ccccc1)Nc1ccccc1. The van der Waals surface area contributed by atoms with Crippen LogP contribution in [0.1, 0.15) is 22.3 Å². The van der Waals surface area contributed by atoms with Crippen LogP contribution >= 0.6 is 23.2 Å². The van der Waals surface area contributed by atoms with Gasteiger partial charge in [-0.2, -0.15) is 0 Å². The lowest BCUT2D eigenvalue weighted by molar-refractivity contribution is 0.1000. The Kier molecular flexibility index (Phi) is 6.22. The molecule has 0 aliphatic rings. The van der Waals surface area contributed by atoms with Crippen LogP contribution in [0.15, 0.2) is 71.7 Å². The molecule has 0 saturated heterocycles. The van der Waals surface area contributed by atoms with Crippen molar-refractivity contribution in [1.29, 1.82) is 0 Å². The molecule has 4 nitrogen and oxygen atoms in total. The molecule has 136 valence electrons. The van der Waals surface area contributed by atoms with Crippen LogP contribution in [0.3, 0.4) is 0 Å². The number of nitrogens with zero attached hydrogens (tertiary/aromatic N) is 2. The van der Waals surface area contributed by atoms with Gasteiger partial charge < -0.3 is 5.32 Å². The minimum absolute atomic E-state index is 0.0493. The van der Waals surface area contributed by atoms with Crippen LogP contribution in [0.25, 0.3) is 0 Å². The number of aromatic nitrogens is 1. The summed E-state index contributed by atoms with van der Waals surface area (Å²) in [6, 6.07) is 20.6. The average Bonchev–Trinajstić information content (AvgIpc) is 2.62. The number of carbonyl (C=O) groups is 1. The number of anilines is 1. The molecule has 0 spiro atoms. The van der Waals surface area contributed by atoms with Crippen molar-refractivity contribution >= 4 is 46.2 Å². The number of Topliss-reactive ketones (excluding diaryl/α,β-unsaturated/α-hetero) is 1. The number of para-hydroxylation sites is 2. The van der Waals surface area contributed by atoms with Crippen molar-refractivity contribution in [3.05, 3.63) is 88.2 Å². The fraction of sp³-hybridized carbons (Fsp3) is 0.0952. The Hall–Kier alpha value is -2.69. The van der Waals surface area contributed by atoms with E-state index in [4.69, 9.17) is 23.2 Å². The van der Waals surface area contributed by atoms with Gasteiger partial charge in [0.1, 0.15) is 16.1 Å². The summed E-state index contributed by atoms with van der Waals surface area (Å²) in [4.78, 5) is 21.5. The fourth-order valence-electron chi connectivity index (χ4n) is 2.63. The van der Waals surface area contributed by atoms with E-state index < -0.39 is 0 Å². The predicted octanol–water partition coefficient (Wildman–Crippen LogP) is 6.11. The van der Waals surface area contributed by atoms with Crippen molar-refractivity contribution in [2.75, 3.05) is 5.32 Å². The monoisotopic (exact) mass is 397 g/mol. The highest BCUT2D eigenvalue weighted by Crippen LogP contribution is 2.23. The zero-order valence-electron chi connectivity index (χ0n) is 14.6. The quantitative estimate of drug-likeness (QED) is 0.244. The molecular weight excluding hydrogens is 381 g/mol. The Morgan fingerprint density at radius 2 is 1.67 bits per heavy atom. The number of carbonyl (C=O) groups excluding carboxylic acids is 1. The van der Waals surface area contributed by atoms with Crippen molar-refractivity contribution in [1.82, 2.24) is 4.98 Å². The van der Waals surface area contributed by atoms with Gasteiger partial charge in [-0.1, -0.05) is 59.6 Å². The number of amidine groups is 1. The number of hydrogen-bond donors (Lipinski definition) is 1. The normalized spacial score (nSPS) is 11.3. The average molecular weight is 398 g/mol. The van der Waals surface area contributed by atoms with Gasteiger partial charge in [0.2, 0.25) is 0 Å². The third-order valence-electron chi connectivity index (χ3n) is 3.83. The number of aryl methyl sites for hydroxylation is 1. The molecule has 0 saturated carbocycles. The zero-order chi connectivity index (χ0) is 19.2. The Labute approximate surface area is 167 Å². The molecule has 0 unspecified atom stereocenters. The third kappa shape index (κ3) is 5.16. The fourth-order valence-corrected chi connectivity index (χ4v) is 3.27. The van der Waals surface area contributed by atoms with E-state index in [1.807, 2.05) is 60.7 Å². The topological polar surface area (TPSA) is 54.4 Å². The number of nitrogens with one attached hydrogen (secondary N) is 1. The summed E-state index contributed by atoms with van der Waals surface area (Å²) in [6.45, 7) is 1.78. The Morgan fingerprint density at radius 1 is 1.04 bits per heavy atom. The summed E-state index contributed by atoms with van der Waals surface area (Å²) < 4.78 is 0. The molecule has 2 aromatic carbocycles. The smallest absolute Gasteiger partial charge is 0.173 e. The van der Waals surface area contributed by atoms with E-state index in [0.29, 0.717) is 17.0 Å². The Morgan fingerprint density at radius 3 is 2.30 bits per heavy atom. The molecule has 0 radical (unpaired) electrons. The van der Waals surface area contributed by atoms with Gasteiger partial charge >= 0.3 is 0 Å². The number of aliphatic imine (C=N–C) groups is 1. The largest absolute Gasteiger partial charge is 0.343 e. The molecule has 3 rings (SSSR count). The van der Waals surface area contributed by atoms with Gasteiger partial charge in [0, 0.05) is 5.69 Å². The Bertz CT molecular complexity index is 950. The first kappa shape index (κ1) is 19.1. The number of benzene rings is 2. The summed E-state index contributed by atoms with van der Waals surface area (Å²) in [7, 11) is 0. The van der Waals surface area contributed by atoms with Gasteiger partial charge in [-0.3, -0.25) is 4.79 Å². The second kappa shape index (κ2) is 8.80. The molecule has 6 heteroatoms. The highest BCUT2D eigenvalue weighted by molar-refractivity contribution is 6.35. The van der Waals surface area contributed by atoms with E-state index in [1.165, 1.54) is 0 Å². The van der Waals surface area contributed by atoms with Crippen LogP contribution in [0.4, 0.5) is 11.4 Å². The number of ketones is 1. The summed E-state index contributed by atoms with van der Waals surface area (Å²) in [5, 5.41) is 3.58. The van der Waals surface area contributed by atoms with E-state index in [9.17, 15) is 4.79 Å². The van der Waals surface area contributed by atoms with Crippen molar-refractivity contribution in [3.8, 4) is 0 Å². The standard InChI is InChI=1S/C21H17Cl2N3O/c1-14-12-18(22)26-21(23)20(14)17(27)13-19(24-15-8-4-2-5-9-15)25-16-10-6-3-7-11-16/h2-12H,13H2,1H3,(H,24,25). The molecule has 1 aromatic heterocycles. The van der Waals surface area contributed by atoms with E-state index in [-0.39, 0.29) is 22.5 Å². The molecule has 3 aromatic rings. The van der Waals surface area contributed by atoms with E-state index in [0.717, 1.165) is 11.4 Å². The van der Waals surface area contributed by atoms with Crippen LogP contribution < -0.4 is 5.32 Å². The van der Waals surface area contributed by atoms with Gasteiger partial charge in [-0.25, -0.2) is 9.98 Å². The third-order valence-corrected chi connectivity index (χ3v) is 4.30. The lowest BCUT2D eigenvalue weighted by Crippen LogP contribution is -2.18. The number of rotatable bonds is 5. The van der Waals surface area contributed by atoms with Gasteiger partial charge in [0.15, 0.2) is 5.78 Å². The maximum absolute atomic E-state index is 12.9. The molecular formula is C21H17Cl2N3O. The van der Waals surface area contributed by atoms with Gasteiger partial charge in [-0.05, 0) is 42.8 Å². The summed E-state index contributed by atoms with van der Waals surface area (Å²) in [5.41, 5.74) is 2.64. The lowest BCUT2D eigenvalue weighted by atomic mass is 10.0. The maximum Gasteiger partial charge on any atom is 0.173 e. The van der Waals surface area contributed by atoms with Crippen LogP contribution in [0, 0.1) is 6.92 Å². The second-order valence-electron chi connectivity index (χ2n) is 5.91. The highest BCUT2D eigenvalue weighted by Gasteiger charge is 2.18. The van der Waals surface area contributed by atoms with E-state index >= 15 is 0 Å². The van der Waals surface area contributed by atoms with Crippen molar-refractivity contribution in [3.63, 3.8) is 0 Å². The van der Waals surface area contributed by atoms with Crippen molar-refractivity contribution in [2.45, 2.75) is 13.3 Å². The van der Waals surface area contributed by atoms with Gasteiger partial charge in [-0.15, -0.1) is 0 Å². The first-order valence-electron chi connectivity index (χ1n) is 8.33. The first-order chi connectivity index (χ1) is 13.0. The van der Waals surface area contributed by atoms with Crippen molar-refractivity contribution < 1.29 is 4.79 Å². The van der Waals surface area contributed by atoms with Crippen LogP contribution in [0.2, 0.25) is 10.3 Å². The van der Waals surface area contributed by atoms with E-state index in [2.05, 4.69) is 15.3 Å². The second-order valence-corrected chi connectivity index (χ2v) is 6.66. The molecule has 0 fully saturated rings. The molecule has 0 aliphatic carbocycles. The van der Waals surface area contributed by atoms with Gasteiger partial charge in [0.05, 0.1) is 17.7 Å². The lowest BCUT2D eigenvalue weighted by Gasteiger charge is -2.12. The van der Waals surface area contributed by atoms with Crippen LogP contribution in [-0.2, 0) is 0 Å². The number of hydrogen-bond acceptors (Lipinski definition) is 3. The minimum atomic E-state index is -0.181. The van der Waals surface area contributed by atoms with Crippen molar-refractivity contribution in [2.24, 2.45) is 4.99 Å². The number of halogens is 2. The molecule has 27 heavy (non-hydrogen) atoms. The van der Waals surface area contributed by atoms with E-state index in [1.54, 1.807) is 13.0 Å². The van der Waals surface area contributed by atoms with Crippen LogP contribution in [0.5, 0.6) is 0 Å². The molecule has 0 aliphatic heterocycles. The summed E-state index contributed by atoms with van der Waals surface area (Å²) in [6.07, 6.45) is 0.0493. The summed E-state index contributed by atoms with van der Waals surface area (Å²) >= 11 is 12.1. The summed E-state index contributed by atoms with van der Waals surface area (Å²) in [5.74, 6) is 0.336. The molecule has 1 heterocycles. The molecule has 1 N–H and O–H groups in total. The molecule has 0 amide bonds.